The van der Waals surface area contributed by atoms with Crippen LogP contribution in [0.15, 0.2) is 48.7 Å². The van der Waals surface area contributed by atoms with Gasteiger partial charge in [0.15, 0.2) is 0 Å². The van der Waals surface area contributed by atoms with Crippen molar-refractivity contribution in [3.63, 3.8) is 0 Å². The van der Waals surface area contributed by atoms with Crippen LogP contribution >= 0.6 is 0 Å². The van der Waals surface area contributed by atoms with E-state index in [0.29, 0.717) is 11.5 Å². The van der Waals surface area contributed by atoms with Crippen LogP contribution < -0.4 is 4.90 Å². The first-order valence-electron chi connectivity index (χ1n) is 9.92. The Kier molecular flexibility index (Phi) is 4.40. The Balaban J connectivity index is 1.70. The van der Waals surface area contributed by atoms with Crippen LogP contribution in [0.4, 0.5) is 15.9 Å². The Labute approximate surface area is 173 Å². The van der Waals surface area contributed by atoms with Gasteiger partial charge in [0.2, 0.25) is 0 Å². The van der Waals surface area contributed by atoms with Crippen molar-refractivity contribution in [3.8, 4) is 12.0 Å². The van der Waals surface area contributed by atoms with E-state index >= 15 is 0 Å². The third kappa shape index (κ3) is 2.98. The smallest absolute Gasteiger partial charge is 0.253 e. The van der Waals surface area contributed by atoms with Gasteiger partial charge < -0.3 is 4.90 Å². The van der Waals surface area contributed by atoms with Gasteiger partial charge in [0.1, 0.15) is 11.6 Å². The molecule has 4 aromatic rings. The van der Waals surface area contributed by atoms with Crippen molar-refractivity contribution in [2.75, 3.05) is 11.9 Å². The molecule has 7 heteroatoms. The summed E-state index contributed by atoms with van der Waals surface area (Å²) in [5, 5.41) is 14.6. The Hall–Kier alpha value is -3.79. The molecule has 0 unspecified atom stereocenters. The molecule has 0 spiro atoms. The number of halogens is 1. The molecule has 1 aliphatic rings. The van der Waals surface area contributed by atoms with Gasteiger partial charge in [-0.05, 0) is 56.0 Å². The van der Waals surface area contributed by atoms with Crippen molar-refractivity contribution in [2.24, 2.45) is 0 Å². The van der Waals surface area contributed by atoms with Crippen LogP contribution in [0.2, 0.25) is 0 Å². The molecule has 148 valence electrons. The number of anilines is 2. The predicted octanol–water partition coefficient (Wildman–Crippen LogP) is 4.47. The van der Waals surface area contributed by atoms with E-state index in [2.05, 4.69) is 11.2 Å². The van der Waals surface area contributed by atoms with Crippen LogP contribution in [-0.2, 0) is 12.8 Å². The SMILES string of the molecule is CN(c1cccc(F)c1)c1nc(-n2ncc3c(C#N)cccc32)nc2c1CCCC2. The van der Waals surface area contributed by atoms with E-state index in [0.717, 1.165) is 59.3 Å². The van der Waals surface area contributed by atoms with Crippen molar-refractivity contribution in [1.82, 2.24) is 19.7 Å². The average molecular weight is 398 g/mol. The van der Waals surface area contributed by atoms with Gasteiger partial charge in [0, 0.05) is 23.7 Å². The Bertz CT molecular complexity index is 1300. The van der Waals surface area contributed by atoms with Crippen molar-refractivity contribution in [1.29, 1.82) is 5.26 Å². The highest BCUT2D eigenvalue weighted by Crippen LogP contribution is 2.33. The Morgan fingerprint density at radius 2 is 1.93 bits per heavy atom. The number of nitriles is 1. The second-order valence-electron chi connectivity index (χ2n) is 7.43. The van der Waals surface area contributed by atoms with E-state index < -0.39 is 0 Å². The number of hydrogen-bond acceptors (Lipinski definition) is 5. The lowest BCUT2D eigenvalue weighted by Crippen LogP contribution is -2.20. The maximum Gasteiger partial charge on any atom is 0.253 e. The molecule has 2 aromatic heterocycles. The highest BCUT2D eigenvalue weighted by molar-refractivity contribution is 5.85. The quantitative estimate of drug-likeness (QED) is 0.509. The highest BCUT2D eigenvalue weighted by Gasteiger charge is 2.23. The summed E-state index contributed by atoms with van der Waals surface area (Å²) in [5.74, 6) is 0.934. The monoisotopic (exact) mass is 398 g/mol. The maximum atomic E-state index is 13.8. The first-order valence-corrected chi connectivity index (χ1v) is 9.92. The summed E-state index contributed by atoms with van der Waals surface area (Å²) in [6.07, 6.45) is 5.59. The summed E-state index contributed by atoms with van der Waals surface area (Å²) < 4.78 is 15.5. The second kappa shape index (κ2) is 7.23. The lowest BCUT2D eigenvalue weighted by Gasteiger charge is -2.25. The minimum absolute atomic E-state index is 0.287. The van der Waals surface area contributed by atoms with Crippen LogP contribution in [0.1, 0.15) is 29.7 Å². The summed E-state index contributed by atoms with van der Waals surface area (Å²) in [6.45, 7) is 0. The standard InChI is InChI=1S/C23H19FN6/c1-29(17-8-5-7-16(24)12-17)22-18-9-2-3-10-20(18)27-23(28-22)30-21-11-4-6-15(13-25)19(21)14-26-30/h4-8,11-12,14H,2-3,9-10H2,1H3. The van der Waals surface area contributed by atoms with Crippen molar-refractivity contribution in [3.05, 3.63) is 71.3 Å². The number of fused-ring (bicyclic) bond motifs is 2. The van der Waals surface area contributed by atoms with Gasteiger partial charge in [-0.25, -0.2) is 9.37 Å². The van der Waals surface area contributed by atoms with Crippen LogP contribution in [-0.4, -0.2) is 26.8 Å². The molecule has 0 aliphatic heterocycles. The van der Waals surface area contributed by atoms with E-state index in [9.17, 15) is 9.65 Å². The van der Waals surface area contributed by atoms with Crippen LogP contribution in [0, 0.1) is 17.1 Å². The zero-order chi connectivity index (χ0) is 20.7. The molecule has 0 N–H and O–H groups in total. The average Bonchev–Trinajstić information content (AvgIpc) is 3.22. The first-order chi connectivity index (χ1) is 14.7. The molecule has 0 saturated heterocycles. The Morgan fingerprint density at radius 1 is 1.10 bits per heavy atom. The van der Waals surface area contributed by atoms with Gasteiger partial charge in [-0.3, -0.25) is 0 Å². The molecule has 2 aromatic carbocycles. The number of aromatic nitrogens is 4. The molecule has 0 radical (unpaired) electrons. The van der Waals surface area contributed by atoms with Crippen molar-refractivity contribution < 1.29 is 4.39 Å². The Morgan fingerprint density at radius 3 is 2.77 bits per heavy atom. The number of aryl methyl sites for hydroxylation is 1. The molecule has 0 atom stereocenters. The number of rotatable bonds is 3. The van der Waals surface area contributed by atoms with E-state index in [1.165, 1.54) is 12.1 Å². The van der Waals surface area contributed by atoms with Crippen molar-refractivity contribution >= 4 is 22.4 Å². The zero-order valence-electron chi connectivity index (χ0n) is 16.5. The highest BCUT2D eigenvalue weighted by atomic mass is 19.1. The number of hydrogen-bond donors (Lipinski definition) is 0. The fourth-order valence-electron chi connectivity index (χ4n) is 4.05. The molecule has 1 aliphatic carbocycles. The molecule has 30 heavy (non-hydrogen) atoms. The summed E-state index contributed by atoms with van der Waals surface area (Å²) in [4.78, 5) is 11.6. The van der Waals surface area contributed by atoms with Gasteiger partial charge in [-0.15, -0.1) is 0 Å². The molecule has 0 fully saturated rings. The fourth-order valence-corrected chi connectivity index (χ4v) is 4.05. The van der Waals surface area contributed by atoms with Crippen LogP contribution in [0.25, 0.3) is 16.9 Å². The van der Waals surface area contributed by atoms with Gasteiger partial charge >= 0.3 is 0 Å². The minimum Gasteiger partial charge on any atom is -0.329 e. The van der Waals surface area contributed by atoms with Crippen molar-refractivity contribution in [2.45, 2.75) is 25.7 Å². The van der Waals surface area contributed by atoms with E-state index in [4.69, 9.17) is 9.97 Å². The second-order valence-corrected chi connectivity index (χ2v) is 7.43. The number of benzene rings is 2. The minimum atomic E-state index is -0.287. The largest absolute Gasteiger partial charge is 0.329 e. The summed E-state index contributed by atoms with van der Waals surface area (Å²) >= 11 is 0. The fraction of sp³-hybridized carbons (Fsp3) is 0.217. The molecular weight excluding hydrogens is 379 g/mol. The van der Waals surface area contributed by atoms with E-state index in [1.807, 2.05) is 30.1 Å². The summed E-state index contributed by atoms with van der Waals surface area (Å²) in [6, 6.07) is 14.2. The third-order valence-electron chi connectivity index (χ3n) is 5.59. The molecule has 0 saturated carbocycles. The maximum absolute atomic E-state index is 13.8. The third-order valence-corrected chi connectivity index (χ3v) is 5.59. The molecule has 6 nitrogen and oxygen atoms in total. The lowest BCUT2D eigenvalue weighted by molar-refractivity contribution is 0.627. The topological polar surface area (TPSA) is 70.6 Å². The molecule has 2 heterocycles. The van der Waals surface area contributed by atoms with Gasteiger partial charge in [-0.2, -0.15) is 20.0 Å². The van der Waals surface area contributed by atoms with Gasteiger partial charge in [0.25, 0.3) is 5.95 Å². The lowest BCUT2D eigenvalue weighted by atomic mass is 9.96. The number of nitrogens with zero attached hydrogens (tertiary/aromatic N) is 6. The van der Waals surface area contributed by atoms with E-state index in [-0.39, 0.29) is 5.82 Å². The zero-order valence-corrected chi connectivity index (χ0v) is 16.5. The van der Waals surface area contributed by atoms with E-state index in [1.54, 1.807) is 23.0 Å². The van der Waals surface area contributed by atoms with Gasteiger partial charge in [-0.1, -0.05) is 12.1 Å². The molecule has 0 amide bonds. The molecule has 5 rings (SSSR count). The molecule has 0 bridgehead atoms. The predicted molar refractivity (Wildman–Crippen MR) is 112 cm³/mol. The normalized spacial score (nSPS) is 13.1. The first kappa shape index (κ1) is 18.3. The van der Waals surface area contributed by atoms with Crippen LogP contribution in [0.3, 0.4) is 0 Å². The summed E-state index contributed by atoms with van der Waals surface area (Å²) in [5.41, 5.74) is 4.18. The van der Waals surface area contributed by atoms with Crippen LogP contribution in [0.5, 0.6) is 0 Å². The molecular formula is C23H19FN6. The van der Waals surface area contributed by atoms with Gasteiger partial charge in [0.05, 0.1) is 29.0 Å². The summed E-state index contributed by atoms with van der Waals surface area (Å²) in [7, 11) is 1.89.